The van der Waals surface area contributed by atoms with Gasteiger partial charge in [0.2, 0.25) is 0 Å². The Kier molecular flexibility index (Phi) is 11.9. The lowest BCUT2D eigenvalue weighted by Crippen LogP contribution is -2.03. The summed E-state index contributed by atoms with van der Waals surface area (Å²) in [7, 11) is 1.34. The molecule has 49 heavy (non-hydrogen) atoms. The van der Waals surface area contributed by atoms with E-state index in [1.54, 1.807) is 67.6 Å². The number of ether oxygens (including phenoxy) is 2. The molecule has 0 spiro atoms. The molecule has 0 unspecified atom stereocenters. The van der Waals surface area contributed by atoms with E-state index >= 15 is 0 Å². The lowest BCUT2D eigenvalue weighted by Gasteiger charge is -2.00. The fourth-order valence-electron chi connectivity index (χ4n) is 4.63. The Bertz CT molecular complexity index is 2250. The third-order valence-corrected chi connectivity index (χ3v) is 10.0. The summed E-state index contributed by atoms with van der Waals surface area (Å²) < 4.78 is 11.6. The maximum absolute atomic E-state index is 12.4. The van der Waals surface area contributed by atoms with Crippen molar-refractivity contribution < 1.29 is 28.7 Å². The molecule has 0 saturated carbocycles. The Morgan fingerprint density at radius 2 is 1.08 bits per heavy atom. The summed E-state index contributed by atoms with van der Waals surface area (Å²) >= 11 is 14.9. The zero-order valence-electron chi connectivity index (χ0n) is 26.3. The normalized spacial score (nSPS) is 11.1. The van der Waals surface area contributed by atoms with Gasteiger partial charge >= 0.3 is 11.9 Å². The highest BCUT2D eigenvalue weighted by Crippen LogP contribution is 2.29. The first-order chi connectivity index (χ1) is 23.7. The number of allylic oxidation sites excluding steroid dienone is 2. The fraction of sp³-hybridized carbons (Fsp3) is 0.0769. The summed E-state index contributed by atoms with van der Waals surface area (Å²) in [5.74, 6) is -0.953. The second kappa shape index (κ2) is 16.5. The molecule has 0 N–H and O–H groups in total. The van der Waals surface area contributed by atoms with Crippen molar-refractivity contribution in [1.29, 1.82) is 0 Å². The Hall–Kier alpha value is -4.86. The summed E-state index contributed by atoms with van der Waals surface area (Å²) in [4.78, 5) is 49.4. The van der Waals surface area contributed by atoms with E-state index in [2.05, 4.69) is 0 Å². The lowest BCUT2D eigenvalue weighted by molar-refractivity contribution is 0.0525. The SMILES string of the molecule is CCOC(=O)c1ccc2sc(C(=O)/C=C/c3ccccc3Cl)cc2c1.COC(=O)c1ccc2sc(C(=O)/C=C/c3ccccc3Cl)cc2c1. The molecule has 0 amide bonds. The first-order valence-electron chi connectivity index (χ1n) is 14.9. The van der Waals surface area contributed by atoms with Crippen molar-refractivity contribution in [3.05, 3.63) is 151 Å². The molecule has 0 fully saturated rings. The number of thiophene rings is 2. The molecule has 0 saturated heterocycles. The third kappa shape index (κ3) is 8.99. The molecule has 0 aliphatic heterocycles. The first kappa shape index (κ1) is 35.4. The van der Waals surface area contributed by atoms with Gasteiger partial charge in [-0.05, 0) is 114 Å². The summed E-state index contributed by atoms with van der Waals surface area (Å²) in [5, 5.41) is 2.89. The monoisotopic (exact) mass is 726 g/mol. The van der Waals surface area contributed by atoms with Crippen LogP contribution in [0.4, 0.5) is 0 Å². The zero-order valence-corrected chi connectivity index (χ0v) is 29.4. The Balaban J connectivity index is 0.000000191. The molecular formula is C39H28Cl2O6S2. The molecule has 6 nitrogen and oxygen atoms in total. The van der Waals surface area contributed by atoms with E-state index in [1.807, 2.05) is 48.5 Å². The molecule has 246 valence electrons. The number of halogens is 2. The number of benzene rings is 4. The van der Waals surface area contributed by atoms with Crippen molar-refractivity contribution in [2.45, 2.75) is 6.92 Å². The van der Waals surface area contributed by atoms with Crippen LogP contribution in [0.3, 0.4) is 0 Å². The topological polar surface area (TPSA) is 86.7 Å². The minimum Gasteiger partial charge on any atom is -0.465 e. The van der Waals surface area contributed by atoms with Crippen molar-refractivity contribution in [3.8, 4) is 0 Å². The van der Waals surface area contributed by atoms with Gasteiger partial charge in [0, 0.05) is 19.4 Å². The van der Waals surface area contributed by atoms with Gasteiger partial charge in [0.1, 0.15) is 0 Å². The van der Waals surface area contributed by atoms with Gasteiger partial charge in [-0.3, -0.25) is 9.59 Å². The molecule has 10 heteroatoms. The summed E-state index contributed by atoms with van der Waals surface area (Å²) in [6, 6.07) is 28.8. The van der Waals surface area contributed by atoms with E-state index < -0.39 is 5.97 Å². The van der Waals surface area contributed by atoms with Crippen molar-refractivity contribution >= 4 is 102 Å². The van der Waals surface area contributed by atoms with Gasteiger partial charge < -0.3 is 9.47 Å². The average molecular weight is 728 g/mol. The second-order valence-corrected chi connectivity index (χ2v) is 13.4. The molecule has 4 aromatic carbocycles. The predicted molar refractivity (Wildman–Crippen MR) is 201 cm³/mol. The maximum Gasteiger partial charge on any atom is 0.338 e. The van der Waals surface area contributed by atoms with Crippen LogP contribution in [0.1, 0.15) is 58.1 Å². The van der Waals surface area contributed by atoms with Gasteiger partial charge in [0.15, 0.2) is 11.6 Å². The van der Waals surface area contributed by atoms with Crippen LogP contribution in [0, 0.1) is 0 Å². The van der Waals surface area contributed by atoms with E-state index in [0.717, 1.165) is 31.3 Å². The fourth-order valence-corrected chi connectivity index (χ4v) is 6.96. The number of hydrogen-bond acceptors (Lipinski definition) is 8. The predicted octanol–water partition coefficient (Wildman–Crippen LogP) is 10.9. The highest BCUT2D eigenvalue weighted by molar-refractivity contribution is 7.21. The third-order valence-electron chi connectivity index (χ3n) is 7.09. The van der Waals surface area contributed by atoms with Crippen LogP contribution in [0.5, 0.6) is 0 Å². The number of esters is 2. The maximum atomic E-state index is 12.4. The van der Waals surface area contributed by atoms with Gasteiger partial charge in [-0.25, -0.2) is 9.59 Å². The van der Waals surface area contributed by atoms with Crippen molar-refractivity contribution in [2.75, 3.05) is 13.7 Å². The molecule has 0 aliphatic carbocycles. The van der Waals surface area contributed by atoms with Crippen molar-refractivity contribution in [1.82, 2.24) is 0 Å². The van der Waals surface area contributed by atoms with Crippen LogP contribution in [0.25, 0.3) is 32.3 Å². The smallest absolute Gasteiger partial charge is 0.338 e. The van der Waals surface area contributed by atoms with Gasteiger partial charge in [-0.2, -0.15) is 0 Å². The minimum atomic E-state index is -0.394. The van der Waals surface area contributed by atoms with Crippen molar-refractivity contribution in [2.24, 2.45) is 0 Å². The molecule has 0 atom stereocenters. The molecule has 2 heterocycles. The van der Waals surface area contributed by atoms with Gasteiger partial charge in [-0.1, -0.05) is 59.6 Å². The van der Waals surface area contributed by atoms with Gasteiger partial charge in [-0.15, -0.1) is 22.7 Å². The van der Waals surface area contributed by atoms with Gasteiger partial charge in [0.25, 0.3) is 0 Å². The van der Waals surface area contributed by atoms with Crippen LogP contribution < -0.4 is 0 Å². The molecule has 0 bridgehead atoms. The van der Waals surface area contributed by atoms with Crippen LogP contribution in [-0.2, 0) is 9.47 Å². The van der Waals surface area contributed by atoms with Crippen molar-refractivity contribution in [3.63, 3.8) is 0 Å². The average Bonchev–Trinajstić information content (AvgIpc) is 3.75. The van der Waals surface area contributed by atoms with E-state index in [0.29, 0.717) is 37.5 Å². The molecule has 0 aliphatic rings. The number of fused-ring (bicyclic) bond motifs is 2. The standard InChI is InChI=1S/C20H15ClO3S.C19H13ClO3S/c1-2-24-20(23)14-8-10-18-15(11-14)12-19(25-18)17(22)9-7-13-5-3-4-6-16(13)21;1-23-19(22)13-7-9-17-14(10-13)11-18(24-17)16(21)8-6-12-4-2-3-5-15(12)20/h3-12H,2H2,1H3;2-11H,1H3/b9-7+;8-6+. The molecule has 0 radical (unpaired) electrons. The van der Waals surface area contributed by atoms with Crippen LogP contribution in [0.15, 0.2) is 109 Å². The lowest BCUT2D eigenvalue weighted by atomic mass is 10.1. The Morgan fingerprint density at radius 3 is 1.51 bits per heavy atom. The van der Waals surface area contributed by atoms with Crippen LogP contribution >= 0.6 is 45.9 Å². The number of hydrogen-bond donors (Lipinski definition) is 0. The zero-order chi connectivity index (χ0) is 34.9. The Morgan fingerprint density at radius 1 is 0.633 bits per heavy atom. The van der Waals surface area contributed by atoms with Crippen LogP contribution in [0.2, 0.25) is 10.0 Å². The quantitative estimate of drug-likeness (QED) is 0.0837. The number of carbonyl (C=O) groups is 4. The second-order valence-electron chi connectivity index (χ2n) is 10.4. The number of methoxy groups -OCH3 is 1. The largest absolute Gasteiger partial charge is 0.465 e. The Labute approximate surface area is 300 Å². The molecule has 6 aromatic rings. The van der Waals surface area contributed by atoms with E-state index in [4.69, 9.17) is 32.7 Å². The first-order valence-corrected chi connectivity index (χ1v) is 17.3. The molecular weight excluding hydrogens is 699 g/mol. The number of carbonyl (C=O) groups excluding carboxylic acids is 4. The summed E-state index contributed by atoms with van der Waals surface area (Å²) in [6.07, 6.45) is 6.43. The van der Waals surface area contributed by atoms with Gasteiger partial charge in [0.05, 0.1) is 34.6 Å². The number of rotatable bonds is 9. The number of ketones is 2. The molecule has 6 rings (SSSR count). The highest BCUT2D eigenvalue weighted by atomic mass is 35.5. The van der Waals surface area contributed by atoms with E-state index in [1.165, 1.54) is 41.9 Å². The van der Waals surface area contributed by atoms with E-state index in [-0.39, 0.29) is 17.5 Å². The summed E-state index contributed by atoms with van der Waals surface area (Å²) in [6.45, 7) is 2.10. The summed E-state index contributed by atoms with van der Waals surface area (Å²) in [5.41, 5.74) is 2.54. The molecule has 2 aromatic heterocycles. The highest BCUT2D eigenvalue weighted by Gasteiger charge is 2.13. The van der Waals surface area contributed by atoms with Crippen LogP contribution in [-0.4, -0.2) is 37.2 Å². The minimum absolute atomic E-state index is 0.0983. The van der Waals surface area contributed by atoms with E-state index in [9.17, 15) is 19.2 Å².